The van der Waals surface area contributed by atoms with Crippen molar-refractivity contribution in [2.75, 3.05) is 20.3 Å². The highest BCUT2D eigenvalue weighted by Crippen LogP contribution is 2.28. The Balaban J connectivity index is 1.98. The van der Waals surface area contributed by atoms with Crippen LogP contribution in [0, 0.1) is 0 Å². The van der Waals surface area contributed by atoms with E-state index < -0.39 is 12.6 Å². The molecule has 0 amide bonds. The van der Waals surface area contributed by atoms with Gasteiger partial charge in [-0.2, -0.15) is 5.10 Å². The SMILES string of the molecule is COC(=O)C(CO)=NNC1=Nc2ccc(Cl)cc2C(c2ccccc2)=NC1. The third kappa shape index (κ3) is 4.39. The number of carbonyl (C=O) groups is 1. The molecule has 0 radical (unpaired) electrons. The number of rotatable bonds is 4. The van der Waals surface area contributed by atoms with Crippen molar-refractivity contribution in [1.82, 2.24) is 5.43 Å². The average molecular weight is 385 g/mol. The van der Waals surface area contributed by atoms with Gasteiger partial charge in [0.2, 0.25) is 0 Å². The van der Waals surface area contributed by atoms with Gasteiger partial charge >= 0.3 is 5.97 Å². The van der Waals surface area contributed by atoms with Gasteiger partial charge in [-0.15, -0.1) is 0 Å². The maximum Gasteiger partial charge on any atom is 0.356 e. The number of aliphatic imine (C=N–C) groups is 2. The van der Waals surface area contributed by atoms with Gasteiger partial charge in [0.25, 0.3) is 0 Å². The summed E-state index contributed by atoms with van der Waals surface area (Å²) >= 11 is 6.17. The maximum atomic E-state index is 11.5. The van der Waals surface area contributed by atoms with E-state index in [9.17, 15) is 9.90 Å². The van der Waals surface area contributed by atoms with Gasteiger partial charge in [0.05, 0.1) is 31.7 Å². The maximum absolute atomic E-state index is 11.5. The van der Waals surface area contributed by atoms with E-state index in [4.69, 9.17) is 11.6 Å². The Bertz CT molecular complexity index is 939. The fraction of sp³-hybridized carbons (Fsp3) is 0.158. The van der Waals surface area contributed by atoms with Crippen LogP contribution in [0.15, 0.2) is 63.6 Å². The number of nitrogens with zero attached hydrogens (tertiary/aromatic N) is 3. The molecule has 0 saturated carbocycles. The van der Waals surface area contributed by atoms with Crippen LogP contribution in [0.5, 0.6) is 0 Å². The molecule has 138 valence electrons. The molecule has 0 bridgehead atoms. The lowest BCUT2D eigenvalue weighted by Crippen LogP contribution is -2.27. The molecular weight excluding hydrogens is 368 g/mol. The van der Waals surface area contributed by atoms with Crippen LogP contribution < -0.4 is 5.43 Å². The Hall–Kier alpha value is -3.03. The molecule has 0 fully saturated rings. The first-order valence-corrected chi connectivity index (χ1v) is 8.49. The zero-order valence-corrected chi connectivity index (χ0v) is 15.3. The number of carbonyl (C=O) groups excluding carboxylic acids is 1. The second-order valence-corrected chi connectivity index (χ2v) is 6.01. The minimum atomic E-state index is -0.722. The molecule has 3 rings (SSSR count). The molecule has 2 aromatic carbocycles. The van der Waals surface area contributed by atoms with Gasteiger partial charge in [-0.3, -0.25) is 10.4 Å². The highest BCUT2D eigenvalue weighted by Gasteiger charge is 2.17. The van der Waals surface area contributed by atoms with Crippen LogP contribution in [0.2, 0.25) is 5.02 Å². The largest absolute Gasteiger partial charge is 0.464 e. The predicted octanol–water partition coefficient (Wildman–Crippen LogP) is 2.33. The number of benzene rings is 2. The molecule has 0 saturated heterocycles. The zero-order chi connectivity index (χ0) is 19.2. The molecule has 2 aromatic rings. The standard InChI is InChI=1S/C19H17ClN4O3/c1-27-19(26)16(11-25)23-24-17-10-21-18(12-5-3-2-4-6-12)14-9-13(20)7-8-15(14)22-17/h2-9,25H,10-11H2,1H3,(H,22,24). The van der Waals surface area contributed by atoms with Crippen molar-refractivity contribution in [2.24, 2.45) is 15.1 Å². The molecule has 0 atom stereocenters. The summed E-state index contributed by atoms with van der Waals surface area (Å²) in [5, 5.41) is 13.7. The quantitative estimate of drug-likeness (QED) is 0.480. The van der Waals surface area contributed by atoms with E-state index in [-0.39, 0.29) is 12.3 Å². The third-order valence-electron chi connectivity index (χ3n) is 3.79. The number of hydrogen-bond donors (Lipinski definition) is 2. The van der Waals surface area contributed by atoms with Crippen molar-refractivity contribution < 1.29 is 14.6 Å². The molecule has 1 aliphatic heterocycles. The number of amidine groups is 1. The minimum Gasteiger partial charge on any atom is -0.464 e. The second-order valence-electron chi connectivity index (χ2n) is 5.57. The van der Waals surface area contributed by atoms with Crippen LogP contribution in [0.3, 0.4) is 0 Å². The van der Waals surface area contributed by atoms with Gasteiger partial charge in [0.1, 0.15) is 5.84 Å². The first-order valence-electron chi connectivity index (χ1n) is 8.11. The smallest absolute Gasteiger partial charge is 0.356 e. The number of halogens is 1. The van der Waals surface area contributed by atoms with Gasteiger partial charge in [0, 0.05) is 16.1 Å². The number of methoxy groups -OCH3 is 1. The molecule has 1 heterocycles. The van der Waals surface area contributed by atoms with E-state index in [1.165, 1.54) is 7.11 Å². The third-order valence-corrected chi connectivity index (χ3v) is 4.03. The second kappa shape index (κ2) is 8.57. The van der Waals surface area contributed by atoms with E-state index in [0.717, 1.165) is 16.8 Å². The Morgan fingerprint density at radius 3 is 2.78 bits per heavy atom. The lowest BCUT2D eigenvalue weighted by molar-refractivity contribution is -0.133. The average Bonchev–Trinajstić information content (AvgIpc) is 2.88. The van der Waals surface area contributed by atoms with Crippen molar-refractivity contribution >= 4 is 40.5 Å². The summed E-state index contributed by atoms with van der Waals surface area (Å²) in [4.78, 5) is 20.7. The lowest BCUT2D eigenvalue weighted by Gasteiger charge is -2.08. The van der Waals surface area contributed by atoms with E-state index in [0.29, 0.717) is 16.5 Å². The van der Waals surface area contributed by atoms with E-state index in [1.807, 2.05) is 36.4 Å². The number of hydrogen-bond acceptors (Lipinski definition) is 7. The van der Waals surface area contributed by atoms with Crippen LogP contribution in [0.25, 0.3) is 0 Å². The fourth-order valence-corrected chi connectivity index (χ4v) is 2.69. The molecule has 0 spiro atoms. The van der Waals surface area contributed by atoms with Crippen molar-refractivity contribution in [2.45, 2.75) is 0 Å². The highest BCUT2D eigenvalue weighted by molar-refractivity contribution is 6.37. The minimum absolute atomic E-state index is 0.159. The van der Waals surface area contributed by atoms with Crippen LogP contribution in [0.4, 0.5) is 5.69 Å². The highest BCUT2D eigenvalue weighted by atomic mass is 35.5. The number of nitrogens with one attached hydrogen (secondary N) is 1. The molecule has 27 heavy (non-hydrogen) atoms. The van der Waals surface area contributed by atoms with Gasteiger partial charge in [-0.1, -0.05) is 41.9 Å². The number of fused-ring (bicyclic) bond motifs is 1. The van der Waals surface area contributed by atoms with Crippen molar-refractivity contribution in [3.05, 3.63) is 64.7 Å². The van der Waals surface area contributed by atoms with Gasteiger partial charge in [0.15, 0.2) is 5.71 Å². The number of aliphatic hydroxyl groups excluding tert-OH is 1. The summed E-state index contributed by atoms with van der Waals surface area (Å²) in [6.45, 7) is -0.350. The lowest BCUT2D eigenvalue weighted by atomic mass is 10.0. The molecule has 0 unspecified atom stereocenters. The van der Waals surface area contributed by atoms with Crippen LogP contribution in [0.1, 0.15) is 11.1 Å². The summed E-state index contributed by atoms with van der Waals surface area (Å²) in [6, 6.07) is 15.1. The summed E-state index contributed by atoms with van der Waals surface area (Å²) in [6.07, 6.45) is 0. The Morgan fingerprint density at radius 2 is 2.07 bits per heavy atom. The number of hydrazone groups is 1. The monoisotopic (exact) mass is 384 g/mol. The van der Waals surface area contributed by atoms with Crippen molar-refractivity contribution in [1.29, 1.82) is 0 Å². The summed E-state index contributed by atoms with van der Waals surface area (Å²) in [5.74, 6) is -0.306. The molecule has 2 N–H and O–H groups in total. The zero-order valence-electron chi connectivity index (χ0n) is 14.5. The molecule has 1 aliphatic rings. The number of esters is 1. The Kier molecular flexibility index (Phi) is 5.95. The Labute approximate surface area is 161 Å². The number of aliphatic hydroxyl groups is 1. The van der Waals surface area contributed by atoms with Crippen molar-refractivity contribution in [3.63, 3.8) is 0 Å². The normalized spacial score (nSPS) is 13.8. The first kappa shape index (κ1) is 18.8. The number of ether oxygens (including phenoxy) is 1. The van der Waals surface area contributed by atoms with E-state index >= 15 is 0 Å². The van der Waals surface area contributed by atoms with Crippen LogP contribution in [-0.2, 0) is 9.53 Å². The van der Waals surface area contributed by atoms with E-state index in [1.54, 1.807) is 12.1 Å². The molecule has 8 heteroatoms. The molecule has 0 aromatic heterocycles. The van der Waals surface area contributed by atoms with E-state index in [2.05, 4.69) is 25.2 Å². The summed E-state index contributed by atoms with van der Waals surface area (Å²) in [7, 11) is 1.22. The van der Waals surface area contributed by atoms with Gasteiger partial charge in [-0.25, -0.2) is 9.79 Å². The Morgan fingerprint density at radius 1 is 1.30 bits per heavy atom. The van der Waals surface area contributed by atoms with Gasteiger partial charge < -0.3 is 9.84 Å². The summed E-state index contributed by atoms with van der Waals surface area (Å²) in [5.41, 5.74) is 5.69. The molecule has 0 aliphatic carbocycles. The predicted molar refractivity (Wildman–Crippen MR) is 105 cm³/mol. The molecular formula is C19H17ClN4O3. The first-order chi connectivity index (χ1) is 13.1. The topological polar surface area (TPSA) is 95.6 Å². The van der Waals surface area contributed by atoms with Crippen LogP contribution >= 0.6 is 11.6 Å². The van der Waals surface area contributed by atoms with Gasteiger partial charge in [-0.05, 0) is 18.2 Å². The molecule has 7 nitrogen and oxygen atoms in total. The van der Waals surface area contributed by atoms with Crippen LogP contribution in [-0.4, -0.2) is 48.6 Å². The van der Waals surface area contributed by atoms with Crippen molar-refractivity contribution in [3.8, 4) is 0 Å². The summed E-state index contributed by atoms with van der Waals surface area (Å²) < 4.78 is 4.56. The fourth-order valence-electron chi connectivity index (χ4n) is 2.51.